The van der Waals surface area contributed by atoms with Gasteiger partial charge in [-0.05, 0) is 62.2 Å². The number of pyridine rings is 1. The van der Waals surface area contributed by atoms with E-state index in [1.807, 2.05) is 38.1 Å². The SMILES string of the molecule is CC(=O)Nc1ccc(S(=O)(=O)Nc2cc(C)nn2-c2cc(C)c3cccc(C)c3n2)cc1. The monoisotopic (exact) mass is 449 g/mol. The van der Waals surface area contributed by atoms with Gasteiger partial charge in [-0.3, -0.25) is 9.52 Å². The number of sulfonamides is 1. The second kappa shape index (κ2) is 8.08. The van der Waals surface area contributed by atoms with Gasteiger partial charge in [0, 0.05) is 24.1 Å². The van der Waals surface area contributed by atoms with Gasteiger partial charge in [0.05, 0.1) is 16.1 Å². The molecule has 2 aromatic carbocycles. The maximum Gasteiger partial charge on any atom is 0.263 e. The molecule has 0 saturated carbocycles. The van der Waals surface area contributed by atoms with Crippen LogP contribution >= 0.6 is 0 Å². The van der Waals surface area contributed by atoms with Gasteiger partial charge >= 0.3 is 0 Å². The number of anilines is 2. The molecule has 8 nitrogen and oxygen atoms in total. The Labute approximate surface area is 186 Å². The molecule has 0 aliphatic carbocycles. The smallest absolute Gasteiger partial charge is 0.263 e. The van der Waals surface area contributed by atoms with Gasteiger partial charge in [-0.1, -0.05) is 18.2 Å². The van der Waals surface area contributed by atoms with Gasteiger partial charge in [-0.25, -0.2) is 13.4 Å². The van der Waals surface area contributed by atoms with Crippen LogP contribution < -0.4 is 10.0 Å². The third kappa shape index (κ3) is 4.19. The summed E-state index contributed by atoms with van der Waals surface area (Å²) in [6.45, 7) is 7.15. The van der Waals surface area contributed by atoms with Crippen LogP contribution in [0.4, 0.5) is 11.5 Å². The van der Waals surface area contributed by atoms with Crippen molar-refractivity contribution >= 4 is 38.3 Å². The molecule has 164 valence electrons. The van der Waals surface area contributed by atoms with E-state index in [9.17, 15) is 13.2 Å². The number of para-hydroxylation sites is 1. The molecule has 1 amide bonds. The average molecular weight is 450 g/mol. The van der Waals surface area contributed by atoms with Crippen LogP contribution in [0.2, 0.25) is 0 Å². The van der Waals surface area contributed by atoms with E-state index in [4.69, 9.17) is 4.98 Å². The summed E-state index contributed by atoms with van der Waals surface area (Å²) in [6.07, 6.45) is 0. The number of hydrogen-bond acceptors (Lipinski definition) is 5. The molecule has 9 heteroatoms. The molecule has 2 aromatic heterocycles. The Hall–Kier alpha value is -3.72. The lowest BCUT2D eigenvalue weighted by Crippen LogP contribution is -2.16. The zero-order valence-electron chi connectivity index (χ0n) is 18.2. The highest BCUT2D eigenvalue weighted by Gasteiger charge is 2.19. The number of aryl methyl sites for hydroxylation is 3. The fourth-order valence-corrected chi connectivity index (χ4v) is 4.55. The lowest BCUT2D eigenvalue weighted by Gasteiger charge is -2.13. The summed E-state index contributed by atoms with van der Waals surface area (Å²) in [5.41, 5.74) is 4.05. The first-order valence-corrected chi connectivity index (χ1v) is 11.5. The van der Waals surface area contributed by atoms with Crippen molar-refractivity contribution in [3.8, 4) is 5.82 Å². The molecule has 0 fully saturated rings. The number of amides is 1. The summed E-state index contributed by atoms with van der Waals surface area (Å²) in [7, 11) is -3.89. The first-order chi connectivity index (χ1) is 15.1. The molecule has 0 bridgehead atoms. The van der Waals surface area contributed by atoms with Crippen LogP contribution in [0.3, 0.4) is 0 Å². The Morgan fingerprint density at radius 1 is 0.969 bits per heavy atom. The summed E-state index contributed by atoms with van der Waals surface area (Å²) in [5.74, 6) is 0.580. The van der Waals surface area contributed by atoms with E-state index in [0.29, 0.717) is 17.2 Å². The van der Waals surface area contributed by atoms with Crippen molar-refractivity contribution in [2.75, 3.05) is 10.0 Å². The van der Waals surface area contributed by atoms with E-state index in [2.05, 4.69) is 15.1 Å². The second-order valence-electron chi connectivity index (χ2n) is 7.66. The van der Waals surface area contributed by atoms with E-state index < -0.39 is 10.0 Å². The molecule has 4 aromatic rings. The molecule has 0 saturated heterocycles. The van der Waals surface area contributed by atoms with Crippen molar-refractivity contribution in [3.05, 3.63) is 71.4 Å². The molecule has 32 heavy (non-hydrogen) atoms. The Kier molecular flexibility index (Phi) is 5.43. The van der Waals surface area contributed by atoms with Gasteiger partial charge < -0.3 is 5.32 Å². The fourth-order valence-electron chi connectivity index (χ4n) is 3.52. The topological polar surface area (TPSA) is 106 Å². The molecule has 0 aliphatic heterocycles. The molecule has 4 rings (SSSR count). The number of rotatable bonds is 5. The molecular formula is C23H23N5O3S. The highest BCUT2D eigenvalue weighted by atomic mass is 32.2. The number of nitrogens with zero attached hydrogens (tertiary/aromatic N) is 3. The maximum absolute atomic E-state index is 13.0. The highest BCUT2D eigenvalue weighted by molar-refractivity contribution is 7.92. The van der Waals surface area contributed by atoms with Crippen molar-refractivity contribution in [1.29, 1.82) is 0 Å². The summed E-state index contributed by atoms with van der Waals surface area (Å²) in [4.78, 5) is 16.0. The number of benzene rings is 2. The lowest BCUT2D eigenvalue weighted by atomic mass is 10.1. The van der Waals surface area contributed by atoms with Crippen LogP contribution in [-0.2, 0) is 14.8 Å². The zero-order chi connectivity index (χ0) is 23.0. The van der Waals surface area contributed by atoms with Crippen LogP contribution in [0.15, 0.2) is 59.5 Å². The molecule has 0 radical (unpaired) electrons. The Morgan fingerprint density at radius 3 is 2.38 bits per heavy atom. The van der Waals surface area contributed by atoms with Gasteiger partial charge in [0.15, 0.2) is 5.82 Å². The molecule has 2 N–H and O–H groups in total. The zero-order valence-corrected chi connectivity index (χ0v) is 19.0. The number of aromatic nitrogens is 3. The summed E-state index contributed by atoms with van der Waals surface area (Å²) < 4.78 is 30.1. The molecule has 0 atom stereocenters. The second-order valence-corrected chi connectivity index (χ2v) is 9.34. The quantitative estimate of drug-likeness (QED) is 0.477. The average Bonchev–Trinajstić information content (AvgIpc) is 3.08. The summed E-state index contributed by atoms with van der Waals surface area (Å²) in [5, 5.41) is 8.12. The molecule has 0 unspecified atom stereocenters. The third-order valence-electron chi connectivity index (χ3n) is 5.01. The first kappa shape index (κ1) is 21.5. The highest BCUT2D eigenvalue weighted by Crippen LogP contribution is 2.26. The van der Waals surface area contributed by atoms with Crippen LogP contribution in [0.1, 0.15) is 23.7 Å². The maximum atomic E-state index is 13.0. The van der Waals surface area contributed by atoms with Crippen LogP contribution in [0.25, 0.3) is 16.7 Å². The van der Waals surface area contributed by atoms with Gasteiger partial charge in [0.25, 0.3) is 10.0 Å². The van der Waals surface area contributed by atoms with Crippen LogP contribution in [0.5, 0.6) is 0 Å². The number of carbonyl (C=O) groups excluding carboxylic acids is 1. The lowest BCUT2D eigenvalue weighted by molar-refractivity contribution is -0.114. The van der Waals surface area contributed by atoms with E-state index in [0.717, 1.165) is 22.0 Å². The number of carbonyl (C=O) groups is 1. The first-order valence-electron chi connectivity index (χ1n) is 9.98. The predicted octanol–water partition coefficient (Wildman–Crippen LogP) is 4.10. The van der Waals surface area contributed by atoms with Crippen molar-refractivity contribution in [3.63, 3.8) is 0 Å². The minimum absolute atomic E-state index is 0.0653. The van der Waals surface area contributed by atoms with Crippen LogP contribution in [-0.4, -0.2) is 29.1 Å². The minimum Gasteiger partial charge on any atom is -0.326 e. The van der Waals surface area contributed by atoms with E-state index in [1.165, 1.54) is 35.9 Å². The summed E-state index contributed by atoms with van der Waals surface area (Å²) in [6, 6.07) is 15.5. The fraction of sp³-hybridized carbons (Fsp3) is 0.174. The Balaban J connectivity index is 1.72. The van der Waals surface area contributed by atoms with Crippen molar-refractivity contribution < 1.29 is 13.2 Å². The van der Waals surface area contributed by atoms with Crippen molar-refractivity contribution in [2.24, 2.45) is 0 Å². The number of fused-ring (bicyclic) bond motifs is 1. The van der Waals surface area contributed by atoms with Crippen molar-refractivity contribution in [2.45, 2.75) is 32.6 Å². The Morgan fingerprint density at radius 2 is 1.69 bits per heavy atom. The Bertz CT molecular complexity index is 1440. The predicted molar refractivity (Wildman–Crippen MR) is 125 cm³/mol. The van der Waals surface area contributed by atoms with Gasteiger partial charge in [0.2, 0.25) is 5.91 Å². The standard InChI is InChI=1S/C23H23N5O3S/c1-14-6-5-7-20-15(2)12-21(25-23(14)20)28-22(13-16(3)26-28)27-32(30,31)19-10-8-18(9-11-19)24-17(4)29/h5-13,27H,1-4H3,(H,24,29). The van der Waals surface area contributed by atoms with Gasteiger partial charge in [-0.15, -0.1) is 0 Å². The molecule has 2 heterocycles. The summed E-state index contributed by atoms with van der Waals surface area (Å²) >= 11 is 0. The molecule has 0 aliphatic rings. The number of nitrogens with one attached hydrogen (secondary N) is 2. The minimum atomic E-state index is -3.89. The normalized spacial score (nSPS) is 11.5. The number of hydrogen-bond donors (Lipinski definition) is 2. The van der Waals surface area contributed by atoms with E-state index in [-0.39, 0.29) is 16.6 Å². The molecule has 0 spiro atoms. The van der Waals surface area contributed by atoms with Gasteiger partial charge in [-0.2, -0.15) is 9.78 Å². The van der Waals surface area contributed by atoms with E-state index >= 15 is 0 Å². The van der Waals surface area contributed by atoms with Crippen molar-refractivity contribution in [1.82, 2.24) is 14.8 Å². The van der Waals surface area contributed by atoms with Crippen LogP contribution in [0, 0.1) is 20.8 Å². The largest absolute Gasteiger partial charge is 0.326 e. The third-order valence-corrected chi connectivity index (χ3v) is 6.38. The molecular weight excluding hydrogens is 426 g/mol. The van der Waals surface area contributed by atoms with Gasteiger partial charge in [0.1, 0.15) is 5.82 Å². The van der Waals surface area contributed by atoms with E-state index in [1.54, 1.807) is 13.0 Å².